The van der Waals surface area contributed by atoms with Crippen LogP contribution >= 0.6 is 0 Å². The van der Waals surface area contributed by atoms with E-state index >= 15 is 0 Å². The van der Waals surface area contributed by atoms with Gasteiger partial charge in [0.05, 0.1) is 0 Å². The minimum atomic E-state index is -0.301. The van der Waals surface area contributed by atoms with Crippen molar-refractivity contribution in [1.82, 2.24) is 10.6 Å². The number of phenols is 2. The Morgan fingerprint density at radius 2 is 1.94 bits per heavy atom. The summed E-state index contributed by atoms with van der Waals surface area (Å²) in [6.07, 6.45) is 0.565. The molecule has 0 heterocycles. The van der Waals surface area contributed by atoms with Gasteiger partial charge in [0, 0.05) is 6.54 Å². The number of aromatic hydroxyl groups is 2. The van der Waals surface area contributed by atoms with Crippen LogP contribution in [0.4, 0.5) is 0 Å². The summed E-state index contributed by atoms with van der Waals surface area (Å²) >= 11 is 0. The van der Waals surface area contributed by atoms with E-state index in [9.17, 15) is 5.11 Å². The summed E-state index contributed by atoms with van der Waals surface area (Å²) in [5.74, 6) is -0.683. The molecule has 0 aromatic heterocycles. The van der Waals surface area contributed by atoms with Gasteiger partial charge in [0.1, 0.15) is 0 Å². The molecule has 7 heteroatoms. The van der Waals surface area contributed by atoms with E-state index in [0.717, 1.165) is 5.56 Å². The lowest BCUT2D eigenvalue weighted by Crippen LogP contribution is -2.43. The maximum Gasteiger partial charge on any atom is 0.195 e. The van der Waals surface area contributed by atoms with Crippen molar-refractivity contribution in [3.63, 3.8) is 0 Å². The number of nitrogens with one attached hydrogen (secondary N) is 4. The van der Waals surface area contributed by atoms with Gasteiger partial charge in [-0.3, -0.25) is 16.1 Å². The molecule has 7 nitrogen and oxygen atoms in total. The number of benzene rings is 1. The minimum Gasteiger partial charge on any atom is -0.504 e. The molecular weight excluding hydrogens is 222 g/mol. The van der Waals surface area contributed by atoms with Crippen LogP contribution in [0.15, 0.2) is 18.2 Å². The van der Waals surface area contributed by atoms with Crippen LogP contribution in [0.2, 0.25) is 0 Å². The molecule has 0 fully saturated rings. The summed E-state index contributed by atoms with van der Waals surface area (Å²) < 4.78 is 0. The zero-order chi connectivity index (χ0) is 12.8. The molecule has 0 amide bonds. The first-order valence-electron chi connectivity index (χ1n) is 4.93. The van der Waals surface area contributed by atoms with Crippen molar-refractivity contribution in [2.75, 3.05) is 6.54 Å². The van der Waals surface area contributed by atoms with E-state index < -0.39 is 0 Å². The van der Waals surface area contributed by atoms with Crippen LogP contribution in [-0.4, -0.2) is 28.7 Å². The molecule has 92 valence electrons. The Hall–Kier alpha value is -2.44. The molecule has 1 aromatic rings. The lowest BCUT2D eigenvalue weighted by atomic mass is 10.1. The molecule has 0 radical (unpaired) electrons. The zero-order valence-electron chi connectivity index (χ0n) is 9.12. The Morgan fingerprint density at radius 1 is 1.24 bits per heavy atom. The van der Waals surface area contributed by atoms with Gasteiger partial charge in [-0.2, -0.15) is 0 Å². The average Bonchev–Trinajstić information content (AvgIpc) is 2.22. The van der Waals surface area contributed by atoms with Crippen LogP contribution in [0.5, 0.6) is 11.5 Å². The van der Waals surface area contributed by atoms with E-state index in [-0.39, 0.29) is 23.4 Å². The van der Waals surface area contributed by atoms with E-state index in [1.165, 1.54) is 12.1 Å². The standard InChI is InChI=1S/C10H15N5O2/c11-9(12)15-10(13)14-4-3-6-1-2-7(16)8(17)5-6/h1-2,5,16-17H,3-4H2,(H6,11,12,13,14,15). The number of rotatable bonds is 3. The molecule has 0 aliphatic rings. The summed E-state index contributed by atoms with van der Waals surface area (Å²) in [4.78, 5) is 0. The van der Waals surface area contributed by atoms with Crippen molar-refractivity contribution in [3.05, 3.63) is 23.8 Å². The molecular formula is C10H15N5O2. The number of guanidine groups is 2. The molecule has 0 bridgehead atoms. The summed E-state index contributed by atoms with van der Waals surface area (Å²) in [5.41, 5.74) is 5.87. The number of nitrogens with two attached hydrogens (primary N) is 1. The lowest BCUT2D eigenvalue weighted by molar-refractivity contribution is 0.403. The molecule has 1 rings (SSSR count). The Bertz CT molecular complexity index is 433. The molecule has 8 N–H and O–H groups in total. The number of hydrogen-bond acceptors (Lipinski definition) is 4. The summed E-state index contributed by atoms with van der Waals surface area (Å²) in [6, 6.07) is 4.54. The van der Waals surface area contributed by atoms with Crippen LogP contribution in [0.3, 0.4) is 0 Å². The summed E-state index contributed by atoms with van der Waals surface area (Å²) in [6.45, 7) is 0.448. The van der Waals surface area contributed by atoms with Gasteiger partial charge in [-0.25, -0.2) is 0 Å². The van der Waals surface area contributed by atoms with E-state index in [1.54, 1.807) is 6.07 Å². The van der Waals surface area contributed by atoms with Crippen molar-refractivity contribution < 1.29 is 10.2 Å². The van der Waals surface area contributed by atoms with E-state index in [0.29, 0.717) is 13.0 Å². The van der Waals surface area contributed by atoms with Gasteiger partial charge in [0.15, 0.2) is 23.4 Å². The molecule has 0 aliphatic heterocycles. The fourth-order valence-electron chi connectivity index (χ4n) is 1.24. The lowest BCUT2D eigenvalue weighted by Gasteiger charge is -2.09. The largest absolute Gasteiger partial charge is 0.504 e. The maximum absolute atomic E-state index is 9.26. The second kappa shape index (κ2) is 5.59. The monoisotopic (exact) mass is 237 g/mol. The second-order valence-electron chi connectivity index (χ2n) is 3.41. The molecule has 17 heavy (non-hydrogen) atoms. The number of phenolic OH excluding ortho intramolecular Hbond substituents is 2. The van der Waals surface area contributed by atoms with Crippen molar-refractivity contribution in [3.8, 4) is 11.5 Å². The van der Waals surface area contributed by atoms with Gasteiger partial charge < -0.3 is 21.3 Å². The highest BCUT2D eigenvalue weighted by atomic mass is 16.3. The smallest absolute Gasteiger partial charge is 0.195 e. The minimum absolute atomic E-state index is 0.0551. The van der Waals surface area contributed by atoms with Gasteiger partial charge in [0.2, 0.25) is 0 Å². The molecule has 0 saturated carbocycles. The third-order valence-corrected chi connectivity index (χ3v) is 2.01. The van der Waals surface area contributed by atoms with Gasteiger partial charge in [0.25, 0.3) is 0 Å². The van der Waals surface area contributed by atoms with E-state index in [1.807, 2.05) is 0 Å². The first-order valence-corrected chi connectivity index (χ1v) is 4.93. The maximum atomic E-state index is 9.26. The van der Waals surface area contributed by atoms with Gasteiger partial charge in [-0.15, -0.1) is 0 Å². The number of hydrogen-bond donors (Lipinski definition) is 7. The van der Waals surface area contributed by atoms with Crippen LogP contribution in [0.25, 0.3) is 0 Å². The molecule has 0 unspecified atom stereocenters. The first-order chi connectivity index (χ1) is 7.99. The highest BCUT2D eigenvalue weighted by molar-refractivity contribution is 5.94. The predicted octanol–water partition coefficient (Wildman–Crippen LogP) is -0.352. The fraction of sp³-hybridized carbons (Fsp3) is 0.200. The van der Waals surface area contributed by atoms with E-state index in [4.69, 9.17) is 21.7 Å². The highest BCUT2D eigenvalue weighted by Gasteiger charge is 2.01. The SMILES string of the molecule is N=C(N)NC(=N)NCCc1ccc(O)c(O)c1. The zero-order valence-corrected chi connectivity index (χ0v) is 9.12. The van der Waals surface area contributed by atoms with Gasteiger partial charge in [-0.05, 0) is 24.1 Å². The predicted molar refractivity (Wildman–Crippen MR) is 64.3 cm³/mol. The van der Waals surface area contributed by atoms with Crippen LogP contribution < -0.4 is 16.4 Å². The molecule has 0 saturated heterocycles. The van der Waals surface area contributed by atoms with E-state index in [2.05, 4.69) is 10.6 Å². The molecule has 0 atom stereocenters. The van der Waals surface area contributed by atoms with Crippen molar-refractivity contribution >= 4 is 11.9 Å². The first kappa shape index (κ1) is 12.6. The molecule has 1 aromatic carbocycles. The van der Waals surface area contributed by atoms with Crippen molar-refractivity contribution in [2.24, 2.45) is 5.73 Å². The summed E-state index contributed by atoms with van der Waals surface area (Å²) in [5, 5.41) is 37.6. The normalized spacial score (nSPS) is 9.65. The Labute approximate surface area is 98.3 Å². The van der Waals surface area contributed by atoms with Gasteiger partial charge >= 0.3 is 0 Å². The quantitative estimate of drug-likeness (QED) is 0.219. The third-order valence-electron chi connectivity index (χ3n) is 2.01. The summed E-state index contributed by atoms with van der Waals surface area (Å²) in [7, 11) is 0. The van der Waals surface area contributed by atoms with Crippen LogP contribution in [0.1, 0.15) is 5.56 Å². The topological polar surface area (TPSA) is 138 Å². The second-order valence-corrected chi connectivity index (χ2v) is 3.41. The average molecular weight is 237 g/mol. The Balaban J connectivity index is 2.38. The van der Waals surface area contributed by atoms with Crippen molar-refractivity contribution in [2.45, 2.75) is 6.42 Å². The van der Waals surface area contributed by atoms with Crippen LogP contribution in [-0.2, 0) is 6.42 Å². The van der Waals surface area contributed by atoms with Crippen molar-refractivity contribution in [1.29, 1.82) is 10.8 Å². The molecule has 0 spiro atoms. The fourth-order valence-corrected chi connectivity index (χ4v) is 1.24. The molecule has 0 aliphatic carbocycles. The Morgan fingerprint density at radius 3 is 2.53 bits per heavy atom. The Kier molecular flexibility index (Phi) is 4.15. The van der Waals surface area contributed by atoms with Crippen LogP contribution in [0, 0.1) is 10.8 Å². The third kappa shape index (κ3) is 4.29. The van der Waals surface area contributed by atoms with Gasteiger partial charge in [-0.1, -0.05) is 6.07 Å². The highest BCUT2D eigenvalue weighted by Crippen LogP contribution is 2.24.